The van der Waals surface area contributed by atoms with Crippen molar-refractivity contribution in [1.82, 2.24) is 0 Å². The summed E-state index contributed by atoms with van der Waals surface area (Å²) in [5.74, 6) is 2.03. The van der Waals surface area contributed by atoms with Crippen LogP contribution in [0.5, 0.6) is 11.5 Å². The van der Waals surface area contributed by atoms with Crippen LogP contribution in [-0.4, -0.2) is 26.3 Å². The van der Waals surface area contributed by atoms with Gasteiger partial charge < -0.3 is 9.47 Å². The van der Waals surface area contributed by atoms with Gasteiger partial charge in [-0.1, -0.05) is 27.2 Å². The normalized spacial score (nSPS) is 23.8. The van der Waals surface area contributed by atoms with E-state index in [0.717, 1.165) is 12.8 Å². The van der Waals surface area contributed by atoms with E-state index in [9.17, 15) is 4.79 Å². The van der Waals surface area contributed by atoms with Gasteiger partial charge in [-0.3, -0.25) is 4.89 Å². The van der Waals surface area contributed by atoms with Gasteiger partial charge in [0.05, 0.1) is 19.8 Å². The number of hydrogen-bond donors (Lipinski definition) is 0. The average Bonchev–Trinajstić information content (AvgIpc) is 2.58. The predicted molar refractivity (Wildman–Crippen MR) is 91.2 cm³/mol. The fraction of sp³-hybridized carbons (Fsp3) is 0.632. The summed E-state index contributed by atoms with van der Waals surface area (Å²) >= 11 is 0. The maximum absolute atomic E-state index is 12.3. The Balaban J connectivity index is 2.03. The van der Waals surface area contributed by atoms with Crippen LogP contribution in [0.2, 0.25) is 0 Å². The molecule has 5 nitrogen and oxygen atoms in total. The first-order chi connectivity index (χ1) is 11.4. The van der Waals surface area contributed by atoms with E-state index in [1.165, 1.54) is 20.6 Å². The molecule has 1 saturated carbocycles. The second-order valence-electron chi connectivity index (χ2n) is 6.93. The molecule has 1 aliphatic rings. The number of methoxy groups -OCH3 is 2. The molecule has 24 heavy (non-hydrogen) atoms. The number of hydrogen-bond acceptors (Lipinski definition) is 5. The molecule has 5 heteroatoms. The molecular weight excluding hydrogens is 308 g/mol. The topological polar surface area (TPSA) is 54.0 Å². The van der Waals surface area contributed by atoms with Crippen LogP contribution in [0.1, 0.15) is 50.4 Å². The molecule has 0 aliphatic heterocycles. The highest BCUT2D eigenvalue weighted by Gasteiger charge is 2.33. The highest BCUT2D eigenvalue weighted by atomic mass is 17.2. The molecule has 0 bridgehead atoms. The highest BCUT2D eigenvalue weighted by Crippen LogP contribution is 2.35. The summed E-state index contributed by atoms with van der Waals surface area (Å²) in [6.45, 7) is 6.58. The van der Waals surface area contributed by atoms with Gasteiger partial charge >= 0.3 is 5.97 Å². The largest absolute Gasteiger partial charge is 0.497 e. The molecule has 0 spiro atoms. The minimum absolute atomic E-state index is 0.0507. The van der Waals surface area contributed by atoms with Gasteiger partial charge in [-0.25, -0.2) is 4.79 Å². The van der Waals surface area contributed by atoms with Crippen LogP contribution in [0.25, 0.3) is 0 Å². The Morgan fingerprint density at radius 2 is 1.71 bits per heavy atom. The van der Waals surface area contributed by atoms with Crippen LogP contribution in [0.4, 0.5) is 0 Å². The van der Waals surface area contributed by atoms with E-state index in [2.05, 4.69) is 20.8 Å². The van der Waals surface area contributed by atoms with Crippen molar-refractivity contribution in [1.29, 1.82) is 0 Å². The number of benzene rings is 1. The van der Waals surface area contributed by atoms with E-state index in [4.69, 9.17) is 19.2 Å². The van der Waals surface area contributed by atoms with Crippen molar-refractivity contribution in [2.45, 2.75) is 46.1 Å². The summed E-state index contributed by atoms with van der Waals surface area (Å²) in [4.78, 5) is 23.0. The van der Waals surface area contributed by atoms with E-state index in [1.54, 1.807) is 18.2 Å². The van der Waals surface area contributed by atoms with E-state index in [1.807, 2.05) is 0 Å². The summed E-state index contributed by atoms with van der Waals surface area (Å²) < 4.78 is 10.4. The molecule has 2 rings (SSSR count). The van der Waals surface area contributed by atoms with Crippen LogP contribution >= 0.6 is 0 Å². The van der Waals surface area contributed by atoms with Crippen molar-refractivity contribution in [3.05, 3.63) is 23.8 Å². The van der Waals surface area contributed by atoms with Gasteiger partial charge in [-0.2, -0.15) is 4.89 Å². The molecule has 0 heterocycles. The molecule has 0 radical (unpaired) electrons. The summed E-state index contributed by atoms with van der Waals surface area (Å²) in [7, 11) is 3.08. The van der Waals surface area contributed by atoms with Crippen LogP contribution < -0.4 is 9.47 Å². The van der Waals surface area contributed by atoms with Gasteiger partial charge in [0.2, 0.25) is 0 Å². The number of ether oxygens (including phenoxy) is 2. The molecule has 0 aromatic heterocycles. The van der Waals surface area contributed by atoms with Crippen molar-refractivity contribution in [2.75, 3.05) is 14.2 Å². The van der Waals surface area contributed by atoms with E-state index in [-0.39, 0.29) is 6.10 Å². The quantitative estimate of drug-likeness (QED) is 0.574. The van der Waals surface area contributed by atoms with Gasteiger partial charge in [0.25, 0.3) is 0 Å². The first-order valence-electron chi connectivity index (χ1n) is 8.55. The predicted octanol–water partition coefficient (Wildman–Crippen LogP) is 4.25. The van der Waals surface area contributed by atoms with Crippen molar-refractivity contribution in [3.8, 4) is 11.5 Å². The molecule has 134 valence electrons. The Kier molecular flexibility index (Phi) is 6.49. The molecule has 1 fully saturated rings. The third-order valence-electron chi connectivity index (χ3n) is 4.80. The molecule has 3 unspecified atom stereocenters. The molecule has 3 atom stereocenters. The van der Waals surface area contributed by atoms with E-state index in [0.29, 0.717) is 34.8 Å². The Morgan fingerprint density at radius 3 is 2.25 bits per heavy atom. The van der Waals surface area contributed by atoms with Gasteiger partial charge in [-0.05, 0) is 42.7 Å². The zero-order valence-electron chi connectivity index (χ0n) is 15.2. The molecule has 1 aromatic carbocycles. The van der Waals surface area contributed by atoms with Crippen LogP contribution in [-0.2, 0) is 9.78 Å². The lowest BCUT2D eigenvalue weighted by Crippen LogP contribution is -2.34. The number of carbonyl (C=O) groups is 1. The van der Waals surface area contributed by atoms with E-state index >= 15 is 0 Å². The first kappa shape index (κ1) is 18.6. The summed E-state index contributed by atoms with van der Waals surface area (Å²) in [6.07, 6.45) is 3.17. The average molecular weight is 336 g/mol. The van der Waals surface area contributed by atoms with E-state index < -0.39 is 5.97 Å². The molecule has 0 N–H and O–H groups in total. The van der Waals surface area contributed by atoms with Crippen LogP contribution in [0, 0.1) is 17.8 Å². The Hall–Kier alpha value is -1.75. The number of rotatable bonds is 6. The summed E-state index contributed by atoms with van der Waals surface area (Å²) in [5, 5.41) is 0. The Morgan fingerprint density at radius 1 is 1.08 bits per heavy atom. The zero-order chi connectivity index (χ0) is 17.7. The van der Waals surface area contributed by atoms with Gasteiger partial charge in [0.1, 0.15) is 17.6 Å². The third-order valence-corrected chi connectivity index (χ3v) is 4.80. The maximum Gasteiger partial charge on any atom is 0.373 e. The Labute approximate surface area is 144 Å². The van der Waals surface area contributed by atoms with Crippen molar-refractivity contribution >= 4 is 5.97 Å². The minimum Gasteiger partial charge on any atom is -0.497 e. The van der Waals surface area contributed by atoms with Gasteiger partial charge in [-0.15, -0.1) is 0 Å². The summed E-state index contributed by atoms with van der Waals surface area (Å²) in [5.41, 5.74) is 0.344. The van der Waals surface area contributed by atoms with Crippen molar-refractivity contribution in [2.24, 2.45) is 17.8 Å². The lowest BCUT2D eigenvalue weighted by Gasteiger charge is -2.35. The Bertz CT molecular complexity index is 532. The fourth-order valence-corrected chi connectivity index (χ4v) is 3.30. The number of carbonyl (C=O) groups excluding carboxylic acids is 1. The second kappa shape index (κ2) is 8.38. The van der Waals surface area contributed by atoms with Crippen molar-refractivity contribution in [3.63, 3.8) is 0 Å². The molecule has 0 saturated heterocycles. The minimum atomic E-state index is -0.534. The molecule has 1 aromatic rings. The second-order valence-corrected chi connectivity index (χ2v) is 6.93. The zero-order valence-corrected chi connectivity index (χ0v) is 15.2. The lowest BCUT2D eigenvalue weighted by atomic mass is 9.75. The highest BCUT2D eigenvalue weighted by molar-refractivity contribution is 5.90. The SMILES string of the molecule is COc1cc(OC)cc(C(=O)OOC2CC(C)CCC2C(C)C)c1. The smallest absolute Gasteiger partial charge is 0.373 e. The van der Waals surface area contributed by atoms with Crippen LogP contribution in [0.15, 0.2) is 18.2 Å². The summed E-state index contributed by atoms with van der Waals surface area (Å²) in [6, 6.07) is 4.92. The molecule has 1 aliphatic carbocycles. The van der Waals surface area contributed by atoms with Gasteiger partial charge in [0, 0.05) is 6.07 Å². The standard InChI is InChI=1S/C19H28O5/c1-12(2)17-7-6-13(3)8-18(17)23-24-19(20)14-9-15(21-4)11-16(10-14)22-5/h9-13,17-18H,6-8H2,1-5H3. The van der Waals surface area contributed by atoms with Gasteiger partial charge in [0.15, 0.2) is 0 Å². The maximum atomic E-state index is 12.3. The lowest BCUT2D eigenvalue weighted by molar-refractivity contribution is -0.296. The van der Waals surface area contributed by atoms with Crippen molar-refractivity contribution < 1.29 is 24.0 Å². The van der Waals surface area contributed by atoms with Crippen LogP contribution in [0.3, 0.4) is 0 Å². The first-order valence-corrected chi connectivity index (χ1v) is 8.55. The fourth-order valence-electron chi connectivity index (χ4n) is 3.30. The third kappa shape index (κ3) is 4.63. The molecular formula is C19H28O5. The monoisotopic (exact) mass is 336 g/mol. The molecule has 0 amide bonds.